The Bertz CT molecular complexity index is 1120. The zero-order valence-corrected chi connectivity index (χ0v) is 18.4. The molecule has 0 aliphatic rings. The van der Waals surface area contributed by atoms with Gasteiger partial charge in [0.1, 0.15) is 17.1 Å². The Morgan fingerprint density at radius 1 is 0.750 bits per heavy atom. The van der Waals surface area contributed by atoms with Crippen molar-refractivity contribution in [2.24, 2.45) is 0 Å². The third-order valence-electron chi connectivity index (χ3n) is 4.79. The molecule has 0 fully saturated rings. The normalized spacial score (nSPS) is 10.6. The van der Waals surface area contributed by atoms with Crippen molar-refractivity contribution in [3.05, 3.63) is 89.0 Å². The fraction of sp³-hybridized carbons (Fsp3) is 0.154. The number of hydrogen-bond donors (Lipinski definition) is 0. The van der Waals surface area contributed by atoms with Gasteiger partial charge in [0.25, 0.3) is 0 Å². The quantitative estimate of drug-likeness (QED) is 0.213. The number of rotatable bonds is 8. The molecule has 164 valence electrons. The zero-order valence-electron chi connectivity index (χ0n) is 18.4. The molecule has 32 heavy (non-hydrogen) atoms. The van der Waals surface area contributed by atoms with E-state index in [1.54, 1.807) is 54.6 Å². The van der Waals surface area contributed by atoms with Crippen LogP contribution in [0.25, 0.3) is 6.08 Å². The molecule has 0 saturated heterocycles. The molecule has 0 radical (unpaired) electrons. The van der Waals surface area contributed by atoms with Crippen molar-refractivity contribution in [1.82, 2.24) is 0 Å². The second-order valence-electron chi connectivity index (χ2n) is 6.90. The van der Waals surface area contributed by atoms with Gasteiger partial charge in [-0.3, -0.25) is 4.79 Å². The van der Waals surface area contributed by atoms with Crippen LogP contribution >= 0.6 is 0 Å². The van der Waals surface area contributed by atoms with Gasteiger partial charge >= 0.3 is 5.97 Å². The molecule has 0 amide bonds. The summed E-state index contributed by atoms with van der Waals surface area (Å²) in [4.78, 5) is 25.2. The van der Waals surface area contributed by atoms with Crippen molar-refractivity contribution < 1.29 is 28.5 Å². The molecule has 0 N–H and O–H groups in total. The molecule has 0 unspecified atom stereocenters. The Hall–Kier alpha value is -4.06. The monoisotopic (exact) mass is 432 g/mol. The van der Waals surface area contributed by atoms with E-state index in [0.717, 1.165) is 11.1 Å². The number of allylic oxidation sites excluding steroid dienone is 1. The summed E-state index contributed by atoms with van der Waals surface area (Å²) in [7, 11) is 4.40. The highest BCUT2D eigenvalue weighted by Crippen LogP contribution is 2.33. The van der Waals surface area contributed by atoms with E-state index in [2.05, 4.69) is 0 Å². The van der Waals surface area contributed by atoms with Crippen LogP contribution in [-0.4, -0.2) is 33.1 Å². The Kier molecular flexibility index (Phi) is 7.29. The van der Waals surface area contributed by atoms with E-state index >= 15 is 0 Å². The Labute approximate surface area is 187 Å². The largest absolute Gasteiger partial charge is 0.496 e. The lowest BCUT2D eigenvalue weighted by molar-refractivity contribution is 0.0722. The minimum absolute atomic E-state index is 0.109. The molecule has 6 heteroatoms. The average Bonchev–Trinajstić information content (AvgIpc) is 2.82. The van der Waals surface area contributed by atoms with Crippen molar-refractivity contribution >= 4 is 17.8 Å². The first-order valence-corrected chi connectivity index (χ1v) is 9.87. The summed E-state index contributed by atoms with van der Waals surface area (Å²) in [5, 5.41) is 0. The van der Waals surface area contributed by atoms with E-state index in [4.69, 9.17) is 18.9 Å². The maximum Gasteiger partial charge on any atom is 0.351 e. The highest BCUT2D eigenvalue weighted by molar-refractivity contribution is 6.06. The lowest BCUT2D eigenvalue weighted by Gasteiger charge is -2.14. The van der Waals surface area contributed by atoms with Gasteiger partial charge in [0.2, 0.25) is 0 Å². The van der Waals surface area contributed by atoms with Gasteiger partial charge in [0.05, 0.1) is 21.3 Å². The molecule has 0 spiro atoms. The van der Waals surface area contributed by atoms with Crippen LogP contribution in [0.5, 0.6) is 23.0 Å². The number of esters is 1. The van der Waals surface area contributed by atoms with E-state index in [1.165, 1.54) is 27.4 Å². The molecule has 0 heterocycles. The van der Waals surface area contributed by atoms with Gasteiger partial charge in [0.15, 0.2) is 17.3 Å². The van der Waals surface area contributed by atoms with E-state index < -0.39 is 5.97 Å². The first kappa shape index (κ1) is 22.6. The predicted molar refractivity (Wildman–Crippen MR) is 122 cm³/mol. The fourth-order valence-corrected chi connectivity index (χ4v) is 3.06. The van der Waals surface area contributed by atoms with Crippen molar-refractivity contribution in [3.8, 4) is 23.0 Å². The summed E-state index contributed by atoms with van der Waals surface area (Å²) < 4.78 is 21.5. The Morgan fingerprint density at radius 3 is 1.97 bits per heavy atom. The molecule has 3 rings (SSSR count). The van der Waals surface area contributed by atoms with E-state index in [9.17, 15) is 9.59 Å². The van der Waals surface area contributed by atoms with Gasteiger partial charge in [-0.25, -0.2) is 4.79 Å². The van der Waals surface area contributed by atoms with Gasteiger partial charge in [0, 0.05) is 5.56 Å². The van der Waals surface area contributed by atoms with Gasteiger partial charge < -0.3 is 18.9 Å². The Balaban J connectivity index is 1.81. The van der Waals surface area contributed by atoms with E-state index in [0.29, 0.717) is 22.8 Å². The summed E-state index contributed by atoms with van der Waals surface area (Å²) in [5.74, 6) is 0.493. The summed E-state index contributed by atoms with van der Waals surface area (Å²) in [6.07, 6.45) is 3.17. The minimum atomic E-state index is -0.643. The van der Waals surface area contributed by atoms with Gasteiger partial charge in [-0.15, -0.1) is 0 Å². The van der Waals surface area contributed by atoms with Crippen molar-refractivity contribution in [3.63, 3.8) is 0 Å². The number of carbonyl (C=O) groups excluding carboxylic acids is 2. The van der Waals surface area contributed by atoms with Crippen molar-refractivity contribution in [1.29, 1.82) is 0 Å². The molecule has 6 nitrogen and oxygen atoms in total. The summed E-state index contributed by atoms with van der Waals surface area (Å²) >= 11 is 0. The molecule has 0 saturated carbocycles. The number of benzene rings is 3. The number of methoxy groups -OCH3 is 3. The lowest BCUT2D eigenvalue weighted by Crippen LogP contribution is -2.12. The van der Waals surface area contributed by atoms with Gasteiger partial charge in [-0.05, 0) is 42.8 Å². The number of carbonyl (C=O) groups is 2. The lowest BCUT2D eigenvalue weighted by atomic mass is 10.1. The first-order chi connectivity index (χ1) is 15.5. The maximum absolute atomic E-state index is 12.8. The molecule has 0 bridgehead atoms. The van der Waals surface area contributed by atoms with Crippen molar-refractivity contribution in [2.45, 2.75) is 6.92 Å². The Morgan fingerprint density at radius 2 is 1.38 bits per heavy atom. The molecule has 3 aromatic rings. The molecule has 0 aliphatic heterocycles. The van der Waals surface area contributed by atoms with Crippen LogP contribution in [0, 0.1) is 6.92 Å². The van der Waals surface area contributed by atoms with Crippen LogP contribution in [0.15, 0.2) is 66.7 Å². The third kappa shape index (κ3) is 5.16. The molecule has 0 aliphatic carbocycles. The van der Waals surface area contributed by atoms with Gasteiger partial charge in [-0.1, -0.05) is 48.0 Å². The maximum atomic E-state index is 12.8. The molecular weight excluding hydrogens is 408 g/mol. The topological polar surface area (TPSA) is 71.1 Å². The van der Waals surface area contributed by atoms with Crippen LogP contribution in [0.3, 0.4) is 0 Å². The summed E-state index contributed by atoms with van der Waals surface area (Å²) in [5.41, 5.74) is 2.59. The standard InChI is InChI=1S/C26H24O6/c1-17-8-12-19(13-9-17)20(27)14-10-18-11-15-21(24(16-18)31-4)32-26(28)25-22(29-2)6-5-7-23(25)30-3/h5-16H,1-4H3. The smallest absolute Gasteiger partial charge is 0.351 e. The predicted octanol–water partition coefficient (Wildman–Crippen LogP) is 5.14. The number of ether oxygens (including phenoxy) is 4. The van der Waals surface area contributed by atoms with Crippen LogP contribution in [0.4, 0.5) is 0 Å². The van der Waals surface area contributed by atoms with Crippen LogP contribution < -0.4 is 18.9 Å². The summed E-state index contributed by atoms with van der Waals surface area (Å²) in [6.45, 7) is 1.97. The number of hydrogen-bond acceptors (Lipinski definition) is 6. The van der Waals surface area contributed by atoms with Crippen LogP contribution in [0.2, 0.25) is 0 Å². The molecule has 0 atom stereocenters. The highest BCUT2D eigenvalue weighted by atomic mass is 16.6. The minimum Gasteiger partial charge on any atom is -0.496 e. The van der Waals surface area contributed by atoms with Crippen LogP contribution in [0.1, 0.15) is 31.8 Å². The summed E-state index contributed by atoms with van der Waals surface area (Å²) in [6, 6.07) is 17.4. The van der Waals surface area contributed by atoms with Crippen molar-refractivity contribution in [2.75, 3.05) is 21.3 Å². The third-order valence-corrected chi connectivity index (χ3v) is 4.79. The van der Waals surface area contributed by atoms with E-state index in [1.807, 2.05) is 19.1 Å². The van der Waals surface area contributed by atoms with E-state index in [-0.39, 0.29) is 17.1 Å². The molecule has 0 aromatic heterocycles. The number of aryl methyl sites for hydroxylation is 1. The second-order valence-corrected chi connectivity index (χ2v) is 6.90. The number of ketones is 1. The highest BCUT2D eigenvalue weighted by Gasteiger charge is 2.21. The fourth-order valence-electron chi connectivity index (χ4n) is 3.06. The first-order valence-electron chi connectivity index (χ1n) is 9.87. The molecule has 3 aromatic carbocycles. The van der Waals surface area contributed by atoms with Gasteiger partial charge in [-0.2, -0.15) is 0 Å². The zero-order chi connectivity index (χ0) is 23.1. The molecular formula is C26H24O6. The average molecular weight is 432 g/mol. The second kappa shape index (κ2) is 10.3. The van der Waals surface area contributed by atoms with Crippen LogP contribution in [-0.2, 0) is 0 Å². The SMILES string of the molecule is COc1cc(C=CC(=O)c2ccc(C)cc2)ccc1OC(=O)c1c(OC)cccc1OC.